The number of benzene rings is 1. The van der Waals surface area contributed by atoms with Crippen molar-refractivity contribution in [3.8, 4) is 5.75 Å². The lowest BCUT2D eigenvalue weighted by atomic mass is 9.91. The van der Waals surface area contributed by atoms with E-state index in [-0.39, 0.29) is 50.2 Å². The van der Waals surface area contributed by atoms with E-state index in [0.717, 1.165) is 0 Å². The number of nitrogens with zero attached hydrogens (tertiary/aromatic N) is 4. The van der Waals surface area contributed by atoms with E-state index < -0.39 is 138 Å². The molecule has 0 spiro atoms. The lowest BCUT2D eigenvalue weighted by Crippen LogP contribution is -2.61. The highest BCUT2D eigenvalue weighted by Crippen LogP contribution is 2.27. The van der Waals surface area contributed by atoms with Gasteiger partial charge < -0.3 is 55.1 Å². The Labute approximate surface area is 461 Å². The van der Waals surface area contributed by atoms with Crippen LogP contribution in [0.3, 0.4) is 0 Å². The topological polar surface area (TPSA) is 271 Å². The van der Waals surface area contributed by atoms with Gasteiger partial charge in [0, 0.05) is 39.1 Å². The van der Waals surface area contributed by atoms with E-state index in [9.17, 15) is 48.6 Å². The van der Waals surface area contributed by atoms with Crippen LogP contribution in [0.1, 0.15) is 133 Å². The number of fused-ring (bicyclic) bond motifs is 1. The summed E-state index contributed by atoms with van der Waals surface area (Å²) < 4.78 is 17.3. The summed E-state index contributed by atoms with van der Waals surface area (Å²) in [5, 5.41) is 30.5. The molecule has 0 radical (unpaired) electrons. The average molecular weight is 1100 g/mol. The number of cyclic esters (lactones) is 2. The van der Waals surface area contributed by atoms with Crippen LogP contribution >= 0.6 is 0 Å². The zero-order valence-corrected chi connectivity index (χ0v) is 48.6. The summed E-state index contributed by atoms with van der Waals surface area (Å²) in [5.74, 6) is -8.68. The smallest absolute Gasteiger partial charge is 0.329 e. The molecule has 3 aliphatic heterocycles. The number of aliphatic hydroxyl groups excluding tert-OH is 2. The molecule has 3 saturated heterocycles. The Bertz CT molecular complexity index is 2240. The SMILES string of the molecule is CC[C@H](C)[C@H]1NC(=O)[C@@H](NC(=O)[C@@H](CC(C)C)N(C)C[C@@H]2CCCN2C(=O)[C@H](C)O)[C@@H](C)OC(=O)[C@H](Cc2ccc(OC)cc2)N(C)C(=O)[C@@H]2CCCN2C(=O)[C@H](CC(C)C)NC(=O)[C@@H](C)C(=O)[C@H](C(C)C)OC(=O)C[C@@H]1O. The molecule has 4 rings (SSSR count). The van der Waals surface area contributed by atoms with Crippen molar-refractivity contribution in [1.29, 1.82) is 0 Å². The third kappa shape index (κ3) is 17.2. The Kier molecular flexibility index (Phi) is 24.5. The Balaban J connectivity index is 1.87. The lowest BCUT2D eigenvalue weighted by molar-refractivity contribution is -0.163. The zero-order chi connectivity index (χ0) is 58.5. The molecule has 0 bridgehead atoms. The minimum absolute atomic E-state index is 0.0444. The molecule has 0 aliphatic carbocycles. The number of nitrogens with one attached hydrogen (secondary N) is 3. The second-order valence-corrected chi connectivity index (χ2v) is 23.1. The molecule has 0 unspecified atom stereocenters. The fraction of sp³-hybridized carbons (Fsp3) is 0.737. The Hall–Kier alpha value is -5.67. The van der Waals surface area contributed by atoms with E-state index in [4.69, 9.17) is 14.2 Å². The number of esters is 2. The maximum Gasteiger partial charge on any atom is 0.329 e. The lowest BCUT2D eigenvalue weighted by Gasteiger charge is -2.36. The quantitative estimate of drug-likeness (QED) is 0.118. The molecule has 13 atom stereocenters. The van der Waals surface area contributed by atoms with Crippen LogP contribution < -0.4 is 20.7 Å². The molecule has 1 aromatic rings. The van der Waals surface area contributed by atoms with E-state index in [1.54, 1.807) is 61.9 Å². The number of carbonyl (C=O) groups is 9. The van der Waals surface area contributed by atoms with Crippen LogP contribution in [-0.4, -0.2) is 191 Å². The maximum absolute atomic E-state index is 15.0. The number of methoxy groups -OCH3 is 1. The summed E-state index contributed by atoms with van der Waals surface area (Å²) in [6.45, 7) is 19.4. The summed E-state index contributed by atoms with van der Waals surface area (Å²) in [7, 11) is 4.67. The molecule has 0 saturated carbocycles. The Morgan fingerprint density at radius 1 is 0.872 bits per heavy atom. The number of ketones is 1. The molecule has 21 heteroatoms. The van der Waals surface area contributed by atoms with Gasteiger partial charge in [-0.05, 0) is 108 Å². The molecule has 5 N–H and O–H groups in total. The summed E-state index contributed by atoms with van der Waals surface area (Å²) >= 11 is 0. The molecule has 6 amide bonds. The molecular formula is C57H91N7O14. The number of likely N-dealkylation sites (N-methyl/N-ethyl adjacent to an activating group) is 2. The van der Waals surface area contributed by atoms with Gasteiger partial charge in [-0.25, -0.2) is 4.79 Å². The number of hydrogen-bond donors (Lipinski definition) is 5. The highest BCUT2D eigenvalue weighted by Gasteiger charge is 2.45. The van der Waals surface area contributed by atoms with Gasteiger partial charge in [0.25, 0.3) is 5.91 Å². The molecule has 3 aliphatic rings. The first kappa shape index (κ1) is 64.9. The van der Waals surface area contributed by atoms with Gasteiger partial charge in [-0.15, -0.1) is 0 Å². The molecule has 3 heterocycles. The number of likely N-dealkylation sites (tertiary alicyclic amines) is 1. The predicted octanol–water partition coefficient (Wildman–Crippen LogP) is 2.79. The fourth-order valence-corrected chi connectivity index (χ4v) is 10.7. The number of rotatable bonds is 16. The molecule has 0 aromatic heterocycles. The summed E-state index contributed by atoms with van der Waals surface area (Å²) in [5.41, 5.74) is 0.604. The number of ether oxygens (including phenoxy) is 3. The minimum Gasteiger partial charge on any atom is -0.497 e. The second kappa shape index (κ2) is 29.5. The van der Waals surface area contributed by atoms with Crippen LogP contribution in [0.15, 0.2) is 24.3 Å². The average Bonchev–Trinajstić information content (AvgIpc) is 4.09. The van der Waals surface area contributed by atoms with Crippen molar-refractivity contribution >= 4 is 53.2 Å². The Morgan fingerprint density at radius 3 is 2.09 bits per heavy atom. The van der Waals surface area contributed by atoms with Crippen LogP contribution in [-0.2, 0) is 59.0 Å². The number of Topliss-reactive ketones (excluding diaryl/α,β-unsaturated/α-hetero) is 1. The van der Waals surface area contributed by atoms with E-state index in [2.05, 4.69) is 16.0 Å². The van der Waals surface area contributed by atoms with Gasteiger partial charge >= 0.3 is 11.9 Å². The van der Waals surface area contributed by atoms with Gasteiger partial charge in [0.15, 0.2) is 11.9 Å². The summed E-state index contributed by atoms with van der Waals surface area (Å²) in [6.07, 6.45) is -3.66. The third-order valence-corrected chi connectivity index (χ3v) is 15.5. The van der Waals surface area contributed by atoms with Crippen molar-refractivity contribution in [2.75, 3.05) is 40.8 Å². The van der Waals surface area contributed by atoms with Gasteiger partial charge in [-0.3, -0.25) is 43.3 Å². The van der Waals surface area contributed by atoms with E-state index in [1.807, 2.05) is 34.6 Å². The van der Waals surface area contributed by atoms with Crippen molar-refractivity contribution in [2.45, 2.75) is 201 Å². The van der Waals surface area contributed by atoms with E-state index >= 15 is 4.79 Å². The van der Waals surface area contributed by atoms with Gasteiger partial charge in [0.1, 0.15) is 42.1 Å². The second-order valence-electron chi connectivity index (χ2n) is 23.1. The number of amides is 6. The largest absolute Gasteiger partial charge is 0.497 e. The number of hydrogen-bond acceptors (Lipinski definition) is 15. The fourth-order valence-electron chi connectivity index (χ4n) is 10.7. The predicted molar refractivity (Wildman–Crippen MR) is 290 cm³/mol. The standard InChI is InChI=1S/C57H91N7O14/c1-15-34(8)47-45(66)29-46(67)78-50(33(6)7)49(68)35(9)51(69)58-41(26-31(2)3)55(73)64-25-17-19-42(64)56(74)62(13)44(28-38-20-22-40(76-14)23-21-38)57(75)77-37(11)48(53(71)59-47)60-52(70)43(27-32(4)5)61(12)30-39-18-16-24-63(39)54(72)36(10)65/h20-23,31-37,39,41-45,47-48,50,65-66H,15-19,24-30H2,1-14H3,(H,58,69)(H,59,71)(H,60,70)/t34-,35-,36-,37+,39-,41-,42-,43+,44-,45-,47+,48-,50-/m0/s1. The zero-order valence-electron chi connectivity index (χ0n) is 48.6. The van der Waals surface area contributed by atoms with Gasteiger partial charge in [-0.1, -0.05) is 73.9 Å². The van der Waals surface area contributed by atoms with Crippen molar-refractivity contribution in [1.82, 2.24) is 35.6 Å². The first-order chi connectivity index (χ1) is 36.6. The van der Waals surface area contributed by atoms with Crippen molar-refractivity contribution < 1.29 is 67.6 Å². The Morgan fingerprint density at radius 2 is 1.51 bits per heavy atom. The first-order valence-electron chi connectivity index (χ1n) is 28.0. The third-order valence-electron chi connectivity index (χ3n) is 15.5. The molecule has 3 fully saturated rings. The van der Waals surface area contributed by atoms with Gasteiger partial charge in [-0.2, -0.15) is 0 Å². The monoisotopic (exact) mass is 1100 g/mol. The number of carbonyl (C=O) groups excluding carboxylic acids is 9. The molecule has 78 heavy (non-hydrogen) atoms. The summed E-state index contributed by atoms with van der Waals surface area (Å²) in [6, 6.07) is -0.766. The van der Waals surface area contributed by atoms with Crippen LogP contribution in [0, 0.1) is 29.6 Å². The van der Waals surface area contributed by atoms with Crippen LogP contribution in [0.2, 0.25) is 0 Å². The van der Waals surface area contributed by atoms with E-state index in [1.165, 1.54) is 44.7 Å². The van der Waals surface area contributed by atoms with Crippen molar-refractivity contribution in [2.24, 2.45) is 29.6 Å². The molecular weight excluding hydrogens is 1010 g/mol. The molecule has 1 aromatic carbocycles. The molecule has 438 valence electrons. The summed E-state index contributed by atoms with van der Waals surface area (Å²) in [4.78, 5) is 135. The maximum atomic E-state index is 15.0. The van der Waals surface area contributed by atoms with Crippen LogP contribution in [0.5, 0.6) is 5.75 Å². The normalized spacial score (nSPS) is 28.1. The highest BCUT2D eigenvalue weighted by molar-refractivity contribution is 6.05. The highest BCUT2D eigenvalue weighted by atomic mass is 16.6. The minimum atomic E-state index is -1.64. The van der Waals surface area contributed by atoms with Crippen molar-refractivity contribution in [3.05, 3.63) is 29.8 Å². The van der Waals surface area contributed by atoms with Gasteiger partial charge in [0.2, 0.25) is 29.5 Å². The van der Waals surface area contributed by atoms with Crippen molar-refractivity contribution in [3.63, 3.8) is 0 Å². The van der Waals surface area contributed by atoms with Gasteiger partial charge in [0.05, 0.1) is 37.6 Å². The number of aliphatic hydroxyl groups is 2. The molecule has 21 nitrogen and oxygen atoms in total. The van der Waals surface area contributed by atoms with Crippen LogP contribution in [0.4, 0.5) is 0 Å². The van der Waals surface area contributed by atoms with E-state index in [0.29, 0.717) is 50.0 Å². The van der Waals surface area contributed by atoms with Crippen LogP contribution in [0.25, 0.3) is 0 Å². The first-order valence-corrected chi connectivity index (χ1v) is 28.0.